The summed E-state index contributed by atoms with van der Waals surface area (Å²) in [5.41, 5.74) is 0. The van der Waals surface area contributed by atoms with Crippen LogP contribution in [-0.2, 0) is 4.74 Å². The van der Waals surface area contributed by atoms with Crippen molar-refractivity contribution in [3.8, 4) is 0 Å². The zero-order chi connectivity index (χ0) is 11.1. The molecule has 1 aliphatic heterocycles. The number of hydrogen-bond donors (Lipinski definition) is 0. The molecule has 16 heavy (non-hydrogen) atoms. The molecule has 0 amide bonds. The van der Waals surface area contributed by atoms with Gasteiger partial charge in [0, 0.05) is 0 Å². The van der Waals surface area contributed by atoms with Crippen molar-refractivity contribution < 1.29 is 4.74 Å². The minimum absolute atomic E-state index is 0.640. The highest BCUT2D eigenvalue weighted by molar-refractivity contribution is 4.85. The van der Waals surface area contributed by atoms with Crippen molar-refractivity contribution in [1.82, 2.24) is 0 Å². The van der Waals surface area contributed by atoms with Crippen molar-refractivity contribution >= 4 is 0 Å². The first-order valence-corrected chi connectivity index (χ1v) is 7.27. The predicted molar refractivity (Wildman–Crippen MR) is 68.6 cm³/mol. The van der Waals surface area contributed by atoms with Crippen LogP contribution < -0.4 is 0 Å². The molecule has 0 aromatic heterocycles. The maximum absolute atomic E-state index is 5.70. The van der Waals surface area contributed by atoms with Crippen LogP contribution in [0.25, 0.3) is 0 Å². The largest absolute Gasteiger partial charge is 0.370 e. The van der Waals surface area contributed by atoms with E-state index >= 15 is 0 Å². The normalized spacial score (nSPS) is 35.5. The number of rotatable bonds is 0. The summed E-state index contributed by atoms with van der Waals surface area (Å²) >= 11 is 0. The molecule has 1 heteroatoms. The molecule has 1 saturated heterocycles. The molecule has 0 saturated carbocycles. The lowest BCUT2D eigenvalue weighted by molar-refractivity contribution is 0.348. The third-order valence-electron chi connectivity index (χ3n) is 3.82. The van der Waals surface area contributed by atoms with E-state index in [2.05, 4.69) is 12.2 Å². The SMILES string of the molecule is C1=C\CCCCCC2OC2CCCCCC/1. The van der Waals surface area contributed by atoms with Crippen LogP contribution in [0.5, 0.6) is 0 Å². The summed E-state index contributed by atoms with van der Waals surface area (Å²) in [5.74, 6) is 0. The van der Waals surface area contributed by atoms with Gasteiger partial charge in [0.25, 0.3) is 0 Å². The standard InChI is InChI=1S/C15H26O/c1-2-4-6-8-10-12-14-15(16-14)13-11-9-7-5-3-1/h1-2,14-15H,3-13H2/b2-1-. The van der Waals surface area contributed by atoms with E-state index in [-0.39, 0.29) is 0 Å². The van der Waals surface area contributed by atoms with Crippen LogP contribution in [0.4, 0.5) is 0 Å². The van der Waals surface area contributed by atoms with Gasteiger partial charge in [-0.1, -0.05) is 44.3 Å². The molecule has 1 fully saturated rings. The van der Waals surface area contributed by atoms with Crippen LogP contribution in [0.15, 0.2) is 12.2 Å². The van der Waals surface area contributed by atoms with Crippen molar-refractivity contribution in [1.29, 1.82) is 0 Å². The first kappa shape index (κ1) is 12.2. The molecule has 0 spiro atoms. The fourth-order valence-electron chi connectivity index (χ4n) is 2.67. The quantitative estimate of drug-likeness (QED) is 0.430. The lowest BCUT2D eigenvalue weighted by Gasteiger charge is -1.97. The third-order valence-corrected chi connectivity index (χ3v) is 3.82. The van der Waals surface area contributed by atoms with E-state index < -0.39 is 0 Å². The van der Waals surface area contributed by atoms with Gasteiger partial charge in [0.15, 0.2) is 0 Å². The van der Waals surface area contributed by atoms with Gasteiger partial charge in [-0.2, -0.15) is 0 Å². The molecule has 0 aromatic carbocycles. The molecule has 1 heterocycles. The maximum atomic E-state index is 5.70. The van der Waals surface area contributed by atoms with Crippen molar-refractivity contribution in [2.45, 2.75) is 82.8 Å². The lowest BCUT2D eigenvalue weighted by atomic mass is 10.1. The van der Waals surface area contributed by atoms with E-state index in [0.29, 0.717) is 12.2 Å². The molecule has 2 rings (SSSR count). The second-order valence-electron chi connectivity index (χ2n) is 5.31. The summed E-state index contributed by atoms with van der Waals surface area (Å²) in [5, 5.41) is 0. The highest BCUT2D eigenvalue weighted by Crippen LogP contribution is 2.31. The summed E-state index contributed by atoms with van der Waals surface area (Å²) in [6, 6.07) is 0. The van der Waals surface area contributed by atoms with Gasteiger partial charge in [0.05, 0.1) is 12.2 Å². The van der Waals surface area contributed by atoms with Crippen LogP contribution in [-0.4, -0.2) is 12.2 Å². The van der Waals surface area contributed by atoms with Gasteiger partial charge in [0.2, 0.25) is 0 Å². The van der Waals surface area contributed by atoms with E-state index in [1.807, 2.05) is 0 Å². The Balaban J connectivity index is 1.65. The van der Waals surface area contributed by atoms with E-state index in [0.717, 1.165) is 0 Å². The summed E-state index contributed by atoms with van der Waals surface area (Å²) in [7, 11) is 0. The van der Waals surface area contributed by atoms with Crippen molar-refractivity contribution in [3.05, 3.63) is 12.2 Å². The van der Waals surface area contributed by atoms with Gasteiger partial charge in [-0.3, -0.25) is 0 Å². The second-order valence-corrected chi connectivity index (χ2v) is 5.31. The molecule has 0 N–H and O–H groups in total. The first-order chi connectivity index (χ1) is 7.97. The minimum atomic E-state index is 0.640. The Morgan fingerprint density at radius 3 is 1.75 bits per heavy atom. The average molecular weight is 222 g/mol. The fraction of sp³-hybridized carbons (Fsp3) is 0.867. The topological polar surface area (TPSA) is 12.5 Å². The Bertz CT molecular complexity index is 209. The lowest BCUT2D eigenvalue weighted by Crippen LogP contribution is -1.94. The van der Waals surface area contributed by atoms with Gasteiger partial charge < -0.3 is 4.74 Å². The fourth-order valence-corrected chi connectivity index (χ4v) is 2.67. The Morgan fingerprint density at radius 1 is 0.625 bits per heavy atom. The Morgan fingerprint density at radius 2 is 1.12 bits per heavy atom. The summed E-state index contributed by atoms with van der Waals surface area (Å²) in [4.78, 5) is 0. The van der Waals surface area contributed by atoms with Crippen LogP contribution in [0, 0.1) is 0 Å². The van der Waals surface area contributed by atoms with Crippen LogP contribution in [0.1, 0.15) is 70.6 Å². The van der Waals surface area contributed by atoms with Gasteiger partial charge in [-0.15, -0.1) is 0 Å². The number of hydrogen-bond acceptors (Lipinski definition) is 1. The first-order valence-electron chi connectivity index (χ1n) is 7.27. The molecule has 0 bridgehead atoms. The molecule has 92 valence electrons. The molecule has 2 aliphatic rings. The number of epoxide rings is 1. The highest BCUT2D eigenvalue weighted by Gasteiger charge is 2.36. The third kappa shape index (κ3) is 4.69. The monoisotopic (exact) mass is 222 g/mol. The predicted octanol–water partition coefficient (Wildman–Crippen LogP) is 4.61. The zero-order valence-corrected chi connectivity index (χ0v) is 10.5. The van der Waals surface area contributed by atoms with E-state index in [9.17, 15) is 0 Å². The Hall–Kier alpha value is -0.300. The number of allylic oxidation sites excluding steroid dienone is 2. The molecule has 2 unspecified atom stereocenters. The Kier molecular flexibility index (Phi) is 5.41. The number of ether oxygens (including phenoxy) is 1. The van der Waals surface area contributed by atoms with Crippen LogP contribution >= 0.6 is 0 Å². The summed E-state index contributed by atoms with van der Waals surface area (Å²) in [6.45, 7) is 0. The molecular formula is C15H26O. The second kappa shape index (κ2) is 7.11. The van der Waals surface area contributed by atoms with Gasteiger partial charge in [-0.25, -0.2) is 0 Å². The van der Waals surface area contributed by atoms with Crippen molar-refractivity contribution in [2.24, 2.45) is 0 Å². The van der Waals surface area contributed by atoms with Crippen LogP contribution in [0.3, 0.4) is 0 Å². The average Bonchev–Trinajstić information content (AvgIpc) is 3.02. The summed E-state index contributed by atoms with van der Waals surface area (Å²) in [6.07, 6.45) is 21.0. The highest BCUT2D eigenvalue weighted by atomic mass is 16.6. The van der Waals surface area contributed by atoms with Gasteiger partial charge >= 0.3 is 0 Å². The molecule has 1 aliphatic carbocycles. The summed E-state index contributed by atoms with van der Waals surface area (Å²) < 4.78 is 5.70. The molecular weight excluding hydrogens is 196 g/mol. The minimum Gasteiger partial charge on any atom is -0.370 e. The molecule has 0 radical (unpaired) electrons. The number of fused-ring (bicyclic) bond motifs is 1. The van der Waals surface area contributed by atoms with Crippen molar-refractivity contribution in [2.75, 3.05) is 0 Å². The maximum Gasteiger partial charge on any atom is 0.0841 e. The molecule has 0 aromatic rings. The van der Waals surface area contributed by atoms with Crippen molar-refractivity contribution in [3.63, 3.8) is 0 Å². The molecule has 1 nitrogen and oxygen atoms in total. The van der Waals surface area contributed by atoms with E-state index in [1.54, 1.807) is 0 Å². The molecule has 2 atom stereocenters. The zero-order valence-electron chi connectivity index (χ0n) is 10.5. The Labute approximate surface area is 100 Å². The van der Waals surface area contributed by atoms with E-state index in [1.165, 1.54) is 70.6 Å². The van der Waals surface area contributed by atoms with Gasteiger partial charge in [0.1, 0.15) is 0 Å². The van der Waals surface area contributed by atoms with E-state index in [4.69, 9.17) is 4.74 Å². The van der Waals surface area contributed by atoms with Crippen LogP contribution in [0.2, 0.25) is 0 Å². The van der Waals surface area contributed by atoms with Gasteiger partial charge in [-0.05, 0) is 38.5 Å². The smallest absolute Gasteiger partial charge is 0.0841 e.